The highest BCUT2D eigenvalue weighted by atomic mass is 16.2. The highest BCUT2D eigenvalue weighted by Gasteiger charge is 2.31. The first-order chi connectivity index (χ1) is 12.5. The van der Waals surface area contributed by atoms with E-state index < -0.39 is 0 Å². The number of fused-ring (bicyclic) bond motifs is 1. The van der Waals surface area contributed by atoms with Crippen LogP contribution in [0, 0.1) is 0 Å². The van der Waals surface area contributed by atoms with Crippen molar-refractivity contribution in [2.75, 3.05) is 38.6 Å². The number of aryl methyl sites for hydroxylation is 2. The minimum Gasteiger partial charge on any atom is -0.305 e. The van der Waals surface area contributed by atoms with Crippen LogP contribution in [0.3, 0.4) is 0 Å². The van der Waals surface area contributed by atoms with Crippen LogP contribution in [0.15, 0.2) is 6.20 Å². The number of hydrogen-bond acceptors (Lipinski definition) is 6. The summed E-state index contributed by atoms with van der Waals surface area (Å²) in [5.41, 5.74) is 2.36. The summed E-state index contributed by atoms with van der Waals surface area (Å²) in [5.74, 6) is 0.561. The molecule has 0 radical (unpaired) electrons. The Labute approximate surface area is 152 Å². The maximum Gasteiger partial charge on any atom is 0.280 e. The predicted octanol–water partition coefficient (Wildman–Crippen LogP) is 0.267. The lowest BCUT2D eigenvalue weighted by molar-refractivity contribution is 0.0977. The molecule has 2 aromatic rings. The number of anilines is 1. The van der Waals surface area contributed by atoms with Crippen LogP contribution in [-0.2, 0) is 20.0 Å². The van der Waals surface area contributed by atoms with Crippen LogP contribution in [0.4, 0.5) is 5.82 Å². The highest BCUT2D eigenvalue weighted by molar-refractivity contribution is 6.05. The minimum absolute atomic E-state index is 0.0844. The molecule has 26 heavy (non-hydrogen) atoms. The van der Waals surface area contributed by atoms with Crippen LogP contribution in [0.5, 0.6) is 0 Å². The molecule has 4 heterocycles. The first-order valence-electron chi connectivity index (χ1n) is 9.15. The van der Waals surface area contributed by atoms with Gasteiger partial charge in [0.15, 0.2) is 11.5 Å². The van der Waals surface area contributed by atoms with Gasteiger partial charge in [-0.25, -0.2) is 0 Å². The van der Waals surface area contributed by atoms with E-state index in [0.717, 1.165) is 50.2 Å². The lowest BCUT2D eigenvalue weighted by atomic mass is 10.1. The Morgan fingerprint density at radius 1 is 1.35 bits per heavy atom. The number of H-pyrrole nitrogens is 1. The molecule has 1 saturated heterocycles. The van der Waals surface area contributed by atoms with Crippen molar-refractivity contribution in [1.29, 1.82) is 0 Å². The summed E-state index contributed by atoms with van der Waals surface area (Å²) >= 11 is 0. The number of rotatable bonds is 4. The number of likely N-dealkylation sites (tertiary alicyclic amines) is 1. The molecule has 1 atom stereocenters. The van der Waals surface area contributed by atoms with Crippen LogP contribution in [0.1, 0.15) is 34.6 Å². The Balaban J connectivity index is 1.54. The van der Waals surface area contributed by atoms with Gasteiger partial charge >= 0.3 is 0 Å². The van der Waals surface area contributed by atoms with E-state index in [2.05, 4.69) is 44.4 Å². The van der Waals surface area contributed by atoms with E-state index in [1.165, 1.54) is 0 Å². The van der Waals surface area contributed by atoms with E-state index in [9.17, 15) is 4.79 Å². The summed E-state index contributed by atoms with van der Waals surface area (Å²) < 4.78 is 1.73. The summed E-state index contributed by atoms with van der Waals surface area (Å²) in [5, 5.41) is 15.4. The molecular formula is C17H26N8O. The van der Waals surface area contributed by atoms with Gasteiger partial charge in [-0.05, 0) is 33.4 Å². The van der Waals surface area contributed by atoms with Crippen LogP contribution < -0.4 is 4.90 Å². The normalized spacial score (nSPS) is 20.8. The van der Waals surface area contributed by atoms with Crippen molar-refractivity contribution >= 4 is 11.7 Å². The van der Waals surface area contributed by atoms with Crippen LogP contribution in [-0.4, -0.2) is 80.7 Å². The number of amides is 1. The van der Waals surface area contributed by atoms with E-state index in [-0.39, 0.29) is 5.91 Å². The fourth-order valence-corrected chi connectivity index (χ4v) is 3.92. The van der Waals surface area contributed by atoms with Gasteiger partial charge in [0.05, 0.1) is 0 Å². The average molecular weight is 358 g/mol. The SMILES string of the molecule is CN(C)C1CCN(Cc2cn(C)nc2C(=O)N2CCCc3n[nH]nc32)C1. The van der Waals surface area contributed by atoms with Crippen molar-refractivity contribution in [1.82, 2.24) is 35.0 Å². The Morgan fingerprint density at radius 2 is 2.19 bits per heavy atom. The molecule has 2 aromatic heterocycles. The maximum absolute atomic E-state index is 13.2. The van der Waals surface area contributed by atoms with Gasteiger partial charge < -0.3 is 4.90 Å². The molecule has 1 fully saturated rings. The molecule has 0 bridgehead atoms. The van der Waals surface area contributed by atoms with Crippen molar-refractivity contribution < 1.29 is 4.79 Å². The summed E-state index contributed by atoms with van der Waals surface area (Å²) in [4.78, 5) is 19.6. The fourth-order valence-electron chi connectivity index (χ4n) is 3.92. The van der Waals surface area contributed by atoms with Gasteiger partial charge in [0, 0.05) is 51.0 Å². The molecule has 0 aliphatic carbocycles. The topological polar surface area (TPSA) is 86.2 Å². The van der Waals surface area contributed by atoms with Crippen molar-refractivity contribution in [2.24, 2.45) is 7.05 Å². The molecule has 4 rings (SSSR count). The lowest BCUT2D eigenvalue weighted by Gasteiger charge is -2.24. The van der Waals surface area contributed by atoms with Gasteiger partial charge in [-0.3, -0.25) is 19.3 Å². The second-order valence-corrected chi connectivity index (χ2v) is 7.47. The molecule has 2 aliphatic heterocycles. The monoisotopic (exact) mass is 358 g/mol. The third kappa shape index (κ3) is 3.12. The van der Waals surface area contributed by atoms with Crippen molar-refractivity contribution in [3.8, 4) is 0 Å². The Bertz CT molecular complexity index is 795. The number of aromatic nitrogens is 5. The average Bonchev–Trinajstić information content (AvgIpc) is 3.33. The van der Waals surface area contributed by atoms with Gasteiger partial charge in [-0.1, -0.05) is 0 Å². The Hall–Kier alpha value is -2.26. The zero-order valence-corrected chi connectivity index (χ0v) is 15.6. The molecular weight excluding hydrogens is 332 g/mol. The molecule has 1 amide bonds. The molecule has 0 saturated carbocycles. The largest absolute Gasteiger partial charge is 0.305 e. The van der Waals surface area contributed by atoms with Crippen LogP contribution in [0.25, 0.3) is 0 Å². The number of likely N-dealkylation sites (N-methyl/N-ethyl adjacent to an activating group) is 1. The minimum atomic E-state index is -0.0844. The summed E-state index contributed by atoms with van der Waals surface area (Å²) in [6.07, 6.45) is 4.86. The van der Waals surface area contributed by atoms with Gasteiger partial charge in [0.2, 0.25) is 0 Å². The predicted molar refractivity (Wildman–Crippen MR) is 97.0 cm³/mol. The molecule has 1 unspecified atom stereocenters. The second-order valence-electron chi connectivity index (χ2n) is 7.47. The highest BCUT2D eigenvalue weighted by Crippen LogP contribution is 2.25. The third-order valence-corrected chi connectivity index (χ3v) is 5.37. The van der Waals surface area contributed by atoms with Crippen molar-refractivity contribution in [2.45, 2.75) is 31.8 Å². The Morgan fingerprint density at radius 3 is 2.96 bits per heavy atom. The van der Waals surface area contributed by atoms with Crippen LogP contribution in [0.2, 0.25) is 0 Å². The van der Waals surface area contributed by atoms with Gasteiger partial charge in [-0.2, -0.15) is 15.4 Å². The molecule has 1 N–H and O–H groups in total. The zero-order chi connectivity index (χ0) is 18.3. The number of nitrogens with one attached hydrogen (secondary N) is 1. The summed E-state index contributed by atoms with van der Waals surface area (Å²) in [6.45, 7) is 3.47. The van der Waals surface area contributed by atoms with Gasteiger partial charge in [0.25, 0.3) is 5.91 Å². The standard InChI is InChI=1S/C17H26N8O/c1-22(2)13-6-8-24(11-13)10-12-9-23(3)20-15(12)17(26)25-7-4-5-14-16(25)19-21-18-14/h9,13H,4-8,10-11H2,1-3H3,(H,18,19,21). The quantitative estimate of drug-likeness (QED) is 0.844. The van der Waals surface area contributed by atoms with Gasteiger partial charge in [-0.15, -0.1) is 5.10 Å². The third-order valence-electron chi connectivity index (χ3n) is 5.37. The van der Waals surface area contributed by atoms with Gasteiger partial charge in [0.1, 0.15) is 5.69 Å². The van der Waals surface area contributed by atoms with Crippen molar-refractivity contribution in [3.05, 3.63) is 23.1 Å². The zero-order valence-electron chi connectivity index (χ0n) is 15.6. The first-order valence-corrected chi connectivity index (χ1v) is 9.15. The second kappa shape index (κ2) is 6.81. The summed E-state index contributed by atoms with van der Waals surface area (Å²) in [7, 11) is 6.11. The van der Waals surface area contributed by atoms with Crippen molar-refractivity contribution in [3.63, 3.8) is 0 Å². The molecule has 0 spiro atoms. The number of hydrogen-bond donors (Lipinski definition) is 1. The maximum atomic E-state index is 13.2. The van der Waals surface area contributed by atoms with E-state index >= 15 is 0 Å². The van der Waals surface area contributed by atoms with E-state index in [1.54, 1.807) is 9.58 Å². The number of carbonyl (C=O) groups excluding carboxylic acids is 1. The molecule has 140 valence electrons. The first kappa shape index (κ1) is 17.2. The fraction of sp³-hybridized carbons (Fsp3) is 0.647. The van der Waals surface area contributed by atoms with Crippen LogP contribution >= 0.6 is 0 Å². The number of carbonyl (C=O) groups is 1. The van der Waals surface area contributed by atoms with E-state index in [1.807, 2.05) is 13.2 Å². The Kier molecular flexibility index (Phi) is 4.49. The van der Waals surface area contributed by atoms with E-state index in [4.69, 9.17) is 0 Å². The number of aromatic amines is 1. The summed E-state index contributed by atoms with van der Waals surface area (Å²) in [6, 6.07) is 0.575. The number of nitrogens with zero attached hydrogens (tertiary/aromatic N) is 7. The molecule has 9 nitrogen and oxygen atoms in total. The van der Waals surface area contributed by atoms with E-state index in [0.29, 0.717) is 24.1 Å². The lowest BCUT2D eigenvalue weighted by Crippen LogP contribution is -2.37. The smallest absolute Gasteiger partial charge is 0.280 e. The molecule has 0 aromatic carbocycles. The molecule has 9 heteroatoms. The molecule has 2 aliphatic rings.